The van der Waals surface area contributed by atoms with Gasteiger partial charge in [0.1, 0.15) is 32.3 Å². The molecule has 0 heterocycles. The molecule has 1 aliphatic carbocycles. The van der Waals surface area contributed by atoms with E-state index in [1.165, 1.54) is 4.90 Å². The Bertz CT molecular complexity index is 2030. The van der Waals surface area contributed by atoms with Crippen LogP contribution in [0.2, 0.25) is 0 Å². The lowest BCUT2D eigenvalue weighted by molar-refractivity contribution is -0.146. The van der Waals surface area contributed by atoms with Crippen molar-refractivity contribution < 1.29 is 42.9 Å². The second kappa shape index (κ2) is 20.9. The van der Waals surface area contributed by atoms with Crippen molar-refractivity contribution in [2.24, 2.45) is 5.92 Å². The monoisotopic (exact) mass is 819 g/mol. The second-order valence-electron chi connectivity index (χ2n) is 16.8. The number of urea groups is 1. The number of carbonyl (C=O) groups is 5. The summed E-state index contributed by atoms with van der Waals surface area (Å²) in [6.45, 7) is 9.94. The summed E-state index contributed by atoms with van der Waals surface area (Å²) in [6.07, 6.45) is -0.343. The van der Waals surface area contributed by atoms with E-state index in [-0.39, 0.29) is 45.3 Å². The molecular formula is C48H57N3O9. The average molecular weight is 820 g/mol. The topological polar surface area (TPSA) is 150 Å². The lowest BCUT2D eigenvalue weighted by Crippen LogP contribution is -2.52. The van der Waals surface area contributed by atoms with Crippen LogP contribution in [0.25, 0.3) is 11.1 Å². The molecule has 318 valence electrons. The van der Waals surface area contributed by atoms with Gasteiger partial charge in [0.15, 0.2) is 5.78 Å². The first kappa shape index (κ1) is 45.2. The minimum absolute atomic E-state index is 0.0440. The van der Waals surface area contributed by atoms with E-state index in [1.54, 1.807) is 0 Å². The lowest BCUT2D eigenvalue weighted by Gasteiger charge is -2.29. The summed E-state index contributed by atoms with van der Waals surface area (Å²) < 4.78 is 23.1. The normalized spacial score (nSPS) is 13.3. The standard InChI is InChI=1S/C48H57N3O9/c1-47(2,3)59-30-35(45(55)49-26-43(53)57-29-34-19-11-8-12-20-34)25-42(52)41(32-60-48(4,5)6)50-46(56)51(27-33-17-9-7-10-18-33)28-44(54)58-31-40-38-23-15-13-21-36(38)37-22-14-16-24-39(37)40/h7-24,35,40-41H,25-32H2,1-6H3,(H,49,55)(H,50,56)/t35-,41-/m0/s1. The number of ether oxygens (including phenoxy) is 4. The summed E-state index contributed by atoms with van der Waals surface area (Å²) in [7, 11) is 0. The number of benzene rings is 4. The van der Waals surface area contributed by atoms with Crippen molar-refractivity contribution in [3.63, 3.8) is 0 Å². The van der Waals surface area contributed by atoms with Gasteiger partial charge in [-0.15, -0.1) is 0 Å². The number of rotatable bonds is 19. The maximum absolute atomic E-state index is 14.2. The third-order valence-electron chi connectivity index (χ3n) is 9.75. The van der Waals surface area contributed by atoms with Gasteiger partial charge in [0, 0.05) is 18.9 Å². The zero-order valence-corrected chi connectivity index (χ0v) is 35.4. The summed E-state index contributed by atoms with van der Waals surface area (Å²) in [5, 5.41) is 5.38. The Morgan fingerprint density at radius 3 is 1.77 bits per heavy atom. The number of nitrogens with zero attached hydrogens (tertiary/aromatic N) is 1. The number of amides is 3. The first-order valence-corrected chi connectivity index (χ1v) is 20.3. The molecule has 0 saturated carbocycles. The van der Waals surface area contributed by atoms with E-state index in [0.29, 0.717) is 0 Å². The molecule has 60 heavy (non-hydrogen) atoms. The van der Waals surface area contributed by atoms with Crippen molar-refractivity contribution >= 4 is 29.7 Å². The molecule has 0 fully saturated rings. The predicted octanol–water partition coefficient (Wildman–Crippen LogP) is 6.99. The largest absolute Gasteiger partial charge is 0.463 e. The minimum Gasteiger partial charge on any atom is -0.463 e. The van der Waals surface area contributed by atoms with Gasteiger partial charge in [-0.05, 0) is 74.9 Å². The number of Topliss-reactive ketones (excluding diaryl/α,β-unsaturated/α-hetero) is 1. The molecule has 1 aliphatic rings. The van der Waals surface area contributed by atoms with Crippen LogP contribution in [-0.4, -0.2) is 84.7 Å². The molecular weight excluding hydrogens is 763 g/mol. The first-order valence-electron chi connectivity index (χ1n) is 20.3. The molecule has 0 spiro atoms. The van der Waals surface area contributed by atoms with Crippen molar-refractivity contribution in [2.75, 3.05) is 32.9 Å². The molecule has 0 aliphatic heterocycles. The Morgan fingerprint density at radius 2 is 1.18 bits per heavy atom. The number of carbonyl (C=O) groups excluding carboxylic acids is 5. The van der Waals surface area contributed by atoms with Gasteiger partial charge in [0.25, 0.3) is 0 Å². The third-order valence-corrected chi connectivity index (χ3v) is 9.75. The molecule has 3 amide bonds. The van der Waals surface area contributed by atoms with Crippen molar-refractivity contribution in [2.45, 2.75) is 84.3 Å². The van der Waals surface area contributed by atoms with E-state index in [1.807, 2.05) is 139 Å². The van der Waals surface area contributed by atoms with E-state index in [4.69, 9.17) is 18.9 Å². The molecule has 0 radical (unpaired) electrons. The van der Waals surface area contributed by atoms with Gasteiger partial charge >= 0.3 is 18.0 Å². The van der Waals surface area contributed by atoms with Crippen molar-refractivity contribution in [3.8, 4) is 11.1 Å². The number of nitrogens with one attached hydrogen (secondary N) is 2. The van der Waals surface area contributed by atoms with Crippen LogP contribution in [0.15, 0.2) is 109 Å². The zero-order chi connectivity index (χ0) is 43.3. The van der Waals surface area contributed by atoms with Crippen LogP contribution in [0.1, 0.15) is 76.1 Å². The molecule has 2 atom stereocenters. The molecule has 5 rings (SSSR count). The smallest absolute Gasteiger partial charge is 0.325 e. The van der Waals surface area contributed by atoms with Crippen LogP contribution in [0, 0.1) is 5.92 Å². The van der Waals surface area contributed by atoms with E-state index in [2.05, 4.69) is 22.8 Å². The van der Waals surface area contributed by atoms with Gasteiger partial charge < -0.3 is 34.5 Å². The van der Waals surface area contributed by atoms with Crippen LogP contribution in [-0.2, 0) is 51.3 Å². The van der Waals surface area contributed by atoms with Crippen LogP contribution in [0.4, 0.5) is 4.79 Å². The average Bonchev–Trinajstić information content (AvgIpc) is 3.54. The van der Waals surface area contributed by atoms with Crippen LogP contribution >= 0.6 is 0 Å². The highest BCUT2D eigenvalue weighted by atomic mass is 16.5. The SMILES string of the molecule is CC(C)(C)OC[C@H](CC(=O)[C@H](COC(C)(C)C)NC(=O)N(CC(=O)OCC1c2ccccc2-c2ccccc21)Cc1ccccc1)C(=O)NCC(=O)OCc1ccccc1. The van der Waals surface area contributed by atoms with Crippen LogP contribution in [0.3, 0.4) is 0 Å². The highest BCUT2D eigenvalue weighted by Crippen LogP contribution is 2.44. The summed E-state index contributed by atoms with van der Waals surface area (Å²) in [5.41, 5.74) is 4.55. The highest BCUT2D eigenvalue weighted by Gasteiger charge is 2.33. The Hall–Kier alpha value is -5.85. The van der Waals surface area contributed by atoms with E-state index in [0.717, 1.165) is 33.4 Å². The van der Waals surface area contributed by atoms with Gasteiger partial charge in [-0.3, -0.25) is 19.2 Å². The quantitative estimate of drug-likeness (QED) is 0.0956. The molecule has 2 N–H and O–H groups in total. The van der Waals surface area contributed by atoms with Gasteiger partial charge in [0.05, 0.1) is 30.3 Å². The third kappa shape index (κ3) is 13.9. The minimum atomic E-state index is -1.21. The Labute approximate surface area is 352 Å². The number of fused-ring (bicyclic) bond motifs is 3. The lowest BCUT2D eigenvalue weighted by atomic mass is 9.97. The van der Waals surface area contributed by atoms with Gasteiger partial charge in [-0.25, -0.2) is 4.79 Å². The van der Waals surface area contributed by atoms with Crippen LogP contribution in [0.5, 0.6) is 0 Å². The van der Waals surface area contributed by atoms with Crippen LogP contribution < -0.4 is 10.6 Å². The maximum Gasteiger partial charge on any atom is 0.325 e. The van der Waals surface area contributed by atoms with Crippen molar-refractivity contribution in [3.05, 3.63) is 131 Å². The summed E-state index contributed by atoms with van der Waals surface area (Å²) >= 11 is 0. The van der Waals surface area contributed by atoms with Gasteiger partial charge in [-0.1, -0.05) is 109 Å². The number of hydrogen-bond donors (Lipinski definition) is 2. The summed E-state index contributed by atoms with van der Waals surface area (Å²) in [5.74, 6) is -3.54. The molecule has 0 saturated heterocycles. The first-order chi connectivity index (χ1) is 28.6. The second-order valence-corrected chi connectivity index (χ2v) is 16.8. The number of hydrogen-bond acceptors (Lipinski definition) is 9. The van der Waals surface area contributed by atoms with E-state index in [9.17, 15) is 24.0 Å². The highest BCUT2D eigenvalue weighted by molar-refractivity contribution is 5.93. The van der Waals surface area contributed by atoms with Gasteiger partial charge in [0.2, 0.25) is 5.91 Å². The molecule has 0 unspecified atom stereocenters. The van der Waals surface area contributed by atoms with E-state index < -0.39 is 65.9 Å². The number of ketones is 1. The fourth-order valence-electron chi connectivity index (χ4n) is 6.66. The molecule has 4 aromatic rings. The molecule has 0 aromatic heterocycles. The fraction of sp³-hybridized carbons (Fsp3) is 0.396. The Morgan fingerprint density at radius 1 is 0.650 bits per heavy atom. The molecule has 12 heteroatoms. The van der Waals surface area contributed by atoms with Crippen molar-refractivity contribution in [1.82, 2.24) is 15.5 Å². The molecule has 4 aromatic carbocycles. The molecule has 0 bridgehead atoms. The molecule has 12 nitrogen and oxygen atoms in total. The summed E-state index contributed by atoms with van der Waals surface area (Å²) in [6, 6.07) is 32.5. The summed E-state index contributed by atoms with van der Waals surface area (Å²) in [4.78, 5) is 69.3. The van der Waals surface area contributed by atoms with Crippen molar-refractivity contribution in [1.29, 1.82) is 0 Å². The maximum atomic E-state index is 14.2. The van der Waals surface area contributed by atoms with Gasteiger partial charge in [-0.2, -0.15) is 0 Å². The predicted molar refractivity (Wildman–Crippen MR) is 228 cm³/mol. The van der Waals surface area contributed by atoms with E-state index >= 15 is 0 Å². The number of esters is 2. The fourth-order valence-corrected chi connectivity index (χ4v) is 6.66. The Balaban J connectivity index is 1.28. The Kier molecular flexibility index (Phi) is 15.8. The zero-order valence-electron chi connectivity index (χ0n) is 35.4.